The molecule has 0 saturated carbocycles. The summed E-state index contributed by atoms with van der Waals surface area (Å²) in [5, 5.41) is 3.38. The summed E-state index contributed by atoms with van der Waals surface area (Å²) >= 11 is 0. The minimum Gasteiger partial charge on any atom is -0.435 e. The van der Waals surface area contributed by atoms with Gasteiger partial charge in [-0.25, -0.2) is 4.98 Å². The number of rotatable bonds is 5. The molecular weight excluding hydrogens is 302 g/mol. The fraction of sp³-hybridized carbons (Fsp3) is 0.438. The first-order chi connectivity index (χ1) is 11.1. The molecule has 1 unspecified atom stereocenters. The molecule has 1 N–H and O–H groups in total. The number of hydrogen-bond donors (Lipinski definition) is 1. The van der Waals surface area contributed by atoms with E-state index in [9.17, 15) is 8.78 Å². The maximum Gasteiger partial charge on any atom is 0.387 e. The van der Waals surface area contributed by atoms with Gasteiger partial charge in [-0.1, -0.05) is 12.1 Å². The predicted octanol–water partition coefficient (Wildman–Crippen LogP) is 2.17. The molecule has 23 heavy (non-hydrogen) atoms. The Bertz CT molecular complexity index is 647. The van der Waals surface area contributed by atoms with Crippen LogP contribution in [0.1, 0.15) is 17.4 Å². The summed E-state index contributed by atoms with van der Waals surface area (Å²) in [4.78, 5) is 6.75. The second-order valence-electron chi connectivity index (χ2n) is 5.61. The summed E-state index contributed by atoms with van der Waals surface area (Å²) in [6.07, 6.45) is 3.72. The van der Waals surface area contributed by atoms with Crippen molar-refractivity contribution in [2.45, 2.75) is 19.2 Å². The van der Waals surface area contributed by atoms with E-state index >= 15 is 0 Å². The highest BCUT2D eigenvalue weighted by Gasteiger charge is 2.26. The molecule has 0 bridgehead atoms. The zero-order valence-electron chi connectivity index (χ0n) is 13.0. The van der Waals surface area contributed by atoms with Crippen LogP contribution < -0.4 is 10.1 Å². The van der Waals surface area contributed by atoms with Crippen molar-refractivity contribution in [2.24, 2.45) is 7.05 Å². The number of nitrogens with one attached hydrogen (secondary N) is 1. The van der Waals surface area contributed by atoms with Gasteiger partial charge in [0.15, 0.2) is 0 Å². The number of hydrogen-bond acceptors (Lipinski definition) is 4. The zero-order valence-corrected chi connectivity index (χ0v) is 13.0. The van der Waals surface area contributed by atoms with Gasteiger partial charge in [-0.2, -0.15) is 8.78 Å². The number of imidazole rings is 1. The summed E-state index contributed by atoms with van der Waals surface area (Å²) < 4.78 is 31.2. The third-order valence-electron chi connectivity index (χ3n) is 4.02. The number of piperazine rings is 1. The number of nitrogens with zero attached hydrogens (tertiary/aromatic N) is 3. The molecule has 1 aromatic heterocycles. The first-order valence-corrected chi connectivity index (χ1v) is 7.59. The molecule has 2 heterocycles. The number of halogens is 2. The van der Waals surface area contributed by atoms with Gasteiger partial charge < -0.3 is 14.6 Å². The molecule has 7 heteroatoms. The third kappa shape index (κ3) is 3.86. The Morgan fingerprint density at radius 2 is 2.30 bits per heavy atom. The Hall–Kier alpha value is -1.99. The highest BCUT2D eigenvalue weighted by Crippen LogP contribution is 2.24. The molecule has 2 aromatic rings. The van der Waals surface area contributed by atoms with E-state index in [0.717, 1.165) is 31.0 Å². The summed E-state index contributed by atoms with van der Waals surface area (Å²) in [5.41, 5.74) is 0.948. The molecule has 1 fully saturated rings. The first-order valence-electron chi connectivity index (χ1n) is 7.59. The Balaban J connectivity index is 1.76. The standard InChI is InChI=1S/C16H20F2N4O/c1-21-7-6-20-15(21)14-10-19-5-8-22(14)11-12-3-2-4-13(9-12)23-16(17)18/h2-4,6-7,9,14,16,19H,5,8,10-11H2,1H3. The Morgan fingerprint density at radius 3 is 3.04 bits per heavy atom. The zero-order chi connectivity index (χ0) is 16.2. The fourth-order valence-corrected chi connectivity index (χ4v) is 2.94. The lowest BCUT2D eigenvalue weighted by atomic mass is 10.1. The van der Waals surface area contributed by atoms with Crippen molar-refractivity contribution in [1.82, 2.24) is 19.8 Å². The van der Waals surface area contributed by atoms with E-state index in [1.165, 1.54) is 0 Å². The molecule has 5 nitrogen and oxygen atoms in total. The van der Waals surface area contributed by atoms with Crippen molar-refractivity contribution >= 4 is 0 Å². The van der Waals surface area contributed by atoms with Gasteiger partial charge in [-0.15, -0.1) is 0 Å². The van der Waals surface area contributed by atoms with Crippen LogP contribution in [-0.2, 0) is 13.6 Å². The van der Waals surface area contributed by atoms with Crippen LogP contribution in [0.4, 0.5) is 8.78 Å². The van der Waals surface area contributed by atoms with Crippen LogP contribution in [0.15, 0.2) is 36.7 Å². The Morgan fingerprint density at radius 1 is 1.43 bits per heavy atom. The summed E-state index contributed by atoms with van der Waals surface area (Å²) in [6.45, 7) is 0.452. The van der Waals surface area contributed by atoms with Crippen LogP contribution in [-0.4, -0.2) is 40.7 Å². The Labute approximate surface area is 133 Å². The maximum absolute atomic E-state index is 12.4. The molecule has 0 radical (unpaired) electrons. The number of aromatic nitrogens is 2. The first kappa shape index (κ1) is 15.9. The lowest BCUT2D eigenvalue weighted by Gasteiger charge is -2.35. The van der Waals surface area contributed by atoms with Gasteiger partial charge in [0.25, 0.3) is 0 Å². The minimum atomic E-state index is -2.80. The topological polar surface area (TPSA) is 42.3 Å². The largest absolute Gasteiger partial charge is 0.435 e. The normalized spacial score (nSPS) is 19.2. The van der Waals surface area contributed by atoms with Gasteiger partial charge in [-0.05, 0) is 17.7 Å². The summed E-state index contributed by atoms with van der Waals surface area (Å²) in [6, 6.07) is 7.04. The van der Waals surface area contributed by atoms with Crippen LogP contribution in [0.3, 0.4) is 0 Å². The fourth-order valence-electron chi connectivity index (χ4n) is 2.94. The number of ether oxygens (including phenoxy) is 1. The highest BCUT2D eigenvalue weighted by molar-refractivity contribution is 5.28. The van der Waals surface area contributed by atoms with Crippen LogP contribution in [0, 0.1) is 0 Å². The minimum absolute atomic E-state index is 0.156. The van der Waals surface area contributed by atoms with Gasteiger partial charge in [0.1, 0.15) is 11.6 Å². The van der Waals surface area contributed by atoms with E-state index in [1.807, 2.05) is 23.9 Å². The maximum atomic E-state index is 12.4. The predicted molar refractivity (Wildman–Crippen MR) is 82.3 cm³/mol. The van der Waals surface area contributed by atoms with E-state index in [4.69, 9.17) is 0 Å². The van der Waals surface area contributed by atoms with Gasteiger partial charge in [0.05, 0.1) is 6.04 Å². The molecule has 3 rings (SSSR count). The monoisotopic (exact) mass is 322 g/mol. The van der Waals surface area contributed by atoms with E-state index < -0.39 is 6.61 Å². The smallest absolute Gasteiger partial charge is 0.387 e. The van der Waals surface area contributed by atoms with Crippen LogP contribution >= 0.6 is 0 Å². The van der Waals surface area contributed by atoms with Crippen molar-refractivity contribution in [1.29, 1.82) is 0 Å². The Kier molecular flexibility index (Phi) is 4.88. The number of aryl methyl sites for hydroxylation is 1. The van der Waals surface area contributed by atoms with E-state index in [-0.39, 0.29) is 11.8 Å². The molecule has 0 amide bonds. The van der Waals surface area contributed by atoms with Crippen LogP contribution in [0.5, 0.6) is 5.75 Å². The molecule has 0 aliphatic carbocycles. The van der Waals surface area contributed by atoms with Crippen LogP contribution in [0.2, 0.25) is 0 Å². The van der Waals surface area contributed by atoms with E-state index in [1.54, 1.807) is 24.4 Å². The van der Waals surface area contributed by atoms with Crippen molar-refractivity contribution in [3.8, 4) is 5.75 Å². The molecule has 1 aliphatic rings. The molecule has 124 valence electrons. The van der Waals surface area contributed by atoms with Crippen molar-refractivity contribution in [3.05, 3.63) is 48.0 Å². The molecule has 1 atom stereocenters. The van der Waals surface area contributed by atoms with Gasteiger partial charge in [0.2, 0.25) is 0 Å². The van der Waals surface area contributed by atoms with Crippen molar-refractivity contribution in [3.63, 3.8) is 0 Å². The number of alkyl halides is 2. The second kappa shape index (κ2) is 7.06. The van der Waals surface area contributed by atoms with E-state index in [2.05, 4.69) is 19.9 Å². The van der Waals surface area contributed by atoms with E-state index in [0.29, 0.717) is 6.54 Å². The lowest BCUT2D eigenvalue weighted by Crippen LogP contribution is -2.46. The summed E-state index contributed by atoms with van der Waals surface area (Å²) in [5.74, 6) is 1.19. The molecular formula is C16H20F2N4O. The molecule has 1 aliphatic heterocycles. The average Bonchev–Trinajstić information content (AvgIpc) is 2.93. The number of benzene rings is 1. The second-order valence-corrected chi connectivity index (χ2v) is 5.61. The van der Waals surface area contributed by atoms with Gasteiger partial charge in [-0.3, -0.25) is 4.90 Å². The summed E-state index contributed by atoms with van der Waals surface area (Å²) in [7, 11) is 1.98. The van der Waals surface area contributed by atoms with Gasteiger partial charge >= 0.3 is 6.61 Å². The lowest BCUT2D eigenvalue weighted by molar-refractivity contribution is -0.0499. The molecule has 1 saturated heterocycles. The van der Waals surface area contributed by atoms with Crippen molar-refractivity contribution < 1.29 is 13.5 Å². The SMILES string of the molecule is Cn1ccnc1C1CNCCN1Cc1cccc(OC(F)F)c1. The highest BCUT2D eigenvalue weighted by atomic mass is 19.3. The third-order valence-corrected chi connectivity index (χ3v) is 4.02. The average molecular weight is 322 g/mol. The quantitative estimate of drug-likeness (QED) is 0.916. The van der Waals surface area contributed by atoms with Crippen LogP contribution in [0.25, 0.3) is 0 Å². The van der Waals surface area contributed by atoms with Crippen molar-refractivity contribution in [2.75, 3.05) is 19.6 Å². The molecule has 1 aromatic carbocycles. The van der Waals surface area contributed by atoms with Gasteiger partial charge in [0, 0.05) is 45.6 Å². The molecule has 0 spiro atoms.